The summed E-state index contributed by atoms with van der Waals surface area (Å²) in [5.41, 5.74) is 6.86. The zero-order valence-electron chi connectivity index (χ0n) is 10.8. The zero-order chi connectivity index (χ0) is 13.1. The van der Waals surface area contributed by atoms with Gasteiger partial charge in [0.2, 0.25) is 0 Å². The standard InChI is InChI=1S/C12H17N5S/c1-4-10(13)11-6-5-9(7-14-11)18-12-16-15-8(2)17(12)3/h5-7,10H,4,13H2,1-3H3. The van der Waals surface area contributed by atoms with Gasteiger partial charge in [0.25, 0.3) is 0 Å². The normalized spacial score (nSPS) is 12.7. The van der Waals surface area contributed by atoms with Crippen LogP contribution in [0.1, 0.15) is 30.9 Å². The summed E-state index contributed by atoms with van der Waals surface area (Å²) in [5, 5.41) is 8.99. The maximum Gasteiger partial charge on any atom is 0.195 e. The van der Waals surface area contributed by atoms with Gasteiger partial charge in [-0.15, -0.1) is 10.2 Å². The highest BCUT2D eigenvalue weighted by Gasteiger charge is 2.08. The van der Waals surface area contributed by atoms with Crippen LogP contribution in [0.3, 0.4) is 0 Å². The first-order valence-corrected chi connectivity index (χ1v) is 6.68. The summed E-state index contributed by atoms with van der Waals surface area (Å²) in [6.07, 6.45) is 2.72. The molecule has 1 unspecified atom stereocenters. The maximum atomic E-state index is 5.93. The number of rotatable bonds is 4. The third kappa shape index (κ3) is 2.70. The lowest BCUT2D eigenvalue weighted by molar-refractivity contribution is 0.674. The lowest BCUT2D eigenvalue weighted by Crippen LogP contribution is -2.10. The van der Waals surface area contributed by atoms with E-state index in [4.69, 9.17) is 5.73 Å². The molecule has 0 aliphatic carbocycles. The molecule has 2 heterocycles. The van der Waals surface area contributed by atoms with Crippen molar-refractivity contribution in [1.29, 1.82) is 0 Å². The van der Waals surface area contributed by atoms with Gasteiger partial charge in [-0.05, 0) is 37.2 Å². The first-order chi connectivity index (χ1) is 8.61. The molecule has 0 bridgehead atoms. The van der Waals surface area contributed by atoms with Gasteiger partial charge >= 0.3 is 0 Å². The summed E-state index contributed by atoms with van der Waals surface area (Å²) in [6.45, 7) is 3.98. The van der Waals surface area contributed by atoms with Crippen LogP contribution >= 0.6 is 11.8 Å². The number of aromatic nitrogens is 4. The number of hydrogen-bond acceptors (Lipinski definition) is 5. The SMILES string of the molecule is CCC(N)c1ccc(Sc2nnc(C)n2C)cn1. The molecule has 2 N–H and O–H groups in total. The fourth-order valence-electron chi connectivity index (χ4n) is 1.46. The van der Waals surface area contributed by atoms with Gasteiger partial charge in [0.05, 0.1) is 5.69 Å². The van der Waals surface area contributed by atoms with Gasteiger partial charge in [0.15, 0.2) is 5.16 Å². The first kappa shape index (κ1) is 13.0. The molecule has 96 valence electrons. The van der Waals surface area contributed by atoms with Gasteiger partial charge in [-0.2, -0.15) is 0 Å². The largest absolute Gasteiger partial charge is 0.323 e. The molecular weight excluding hydrogens is 246 g/mol. The van der Waals surface area contributed by atoms with Crippen LogP contribution in [0.15, 0.2) is 28.4 Å². The summed E-state index contributed by atoms with van der Waals surface area (Å²) in [4.78, 5) is 5.42. The minimum atomic E-state index is 0.0149. The highest BCUT2D eigenvalue weighted by Crippen LogP contribution is 2.26. The van der Waals surface area contributed by atoms with Gasteiger partial charge < -0.3 is 10.3 Å². The molecule has 5 nitrogen and oxygen atoms in total. The van der Waals surface area contributed by atoms with E-state index in [1.165, 1.54) is 0 Å². The molecule has 2 rings (SSSR count). The van der Waals surface area contributed by atoms with Crippen LogP contribution in [-0.4, -0.2) is 19.7 Å². The van der Waals surface area contributed by atoms with Crippen molar-refractivity contribution in [1.82, 2.24) is 19.7 Å². The lowest BCUT2D eigenvalue weighted by atomic mass is 10.1. The molecule has 0 aromatic carbocycles. The second-order valence-electron chi connectivity index (χ2n) is 4.12. The average Bonchev–Trinajstić information content (AvgIpc) is 2.71. The minimum Gasteiger partial charge on any atom is -0.323 e. The Morgan fingerprint density at radius 2 is 2.17 bits per heavy atom. The number of nitrogens with two attached hydrogens (primary N) is 1. The minimum absolute atomic E-state index is 0.0149. The number of nitrogens with zero attached hydrogens (tertiary/aromatic N) is 4. The Bertz CT molecular complexity index is 520. The molecule has 0 aliphatic heterocycles. The topological polar surface area (TPSA) is 69.6 Å². The highest BCUT2D eigenvalue weighted by atomic mass is 32.2. The number of hydrogen-bond donors (Lipinski definition) is 1. The Morgan fingerprint density at radius 1 is 1.39 bits per heavy atom. The Balaban J connectivity index is 2.13. The van der Waals surface area contributed by atoms with E-state index in [2.05, 4.69) is 22.1 Å². The van der Waals surface area contributed by atoms with Crippen LogP contribution < -0.4 is 5.73 Å². The van der Waals surface area contributed by atoms with Crippen molar-refractivity contribution in [2.75, 3.05) is 0 Å². The molecule has 2 aromatic heterocycles. The van der Waals surface area contributed by atoms with Crippen molar-refractivity contribution >= 4 is 11.8 Å². The van der Waals surface area contributed by atoms with Crippen LogP contribution in [-0.2, 0) is 7.05 Å². The van der Waals surface area contributed by atoms with Crippen molar-refractivity contribution in [3.8, 4) is 0 Å². The van der Waals surface area contributed by atoms with E-state index in [0.717, 1.165) is 28.0 Å². The van der Waals surface area contributed by atoms with Crippen molar-refractivity contribution in [2.24, 2.45) is 12.8 Å². The number of pyridine rings is 1. The van der Waals surface area contributed by atoms with Crippen LogP contribution in [0.25, 0.3) is 0 Å². The molecule has 18 heavy (non-hydrogen) atoms. The van der Waals surface area contributed by atoms with Gasteiger partial charge in [-0.25, -0.2) is 0 Å². The summed E-state index contributed by atoms with van der Waals surface area (Å²) in [7, 11) is 1.95. The molecule has 0 saturated heterocycles. The molecule has 0 radical (unpaired) electrons. The monoisotopic (exact) mass is 263 g/mol. The molecule has 6 heteroatoms. The maximum absolute atomic E-state index is 5.93. The molecule has 0 spiro atoms. The third-order valence-corrected chi connectivity index (χ3v) is 3.86. The van der Waals surface area contributed by atoms with Crippen molar-refractivity contribution in [3.63, 3.8) is 0 Å². The predicted octanol–water partition coefficient (Wildman–Crippen LogP) is 2.08. The third-order valence-electron chi connectivity index (χ3n) is 2.84. The van der Waals surface area contributed by atoms with E-state index in [1.54, 1.807) is 11.8 Å². The molecule has 0 aliphatic rings. The molecule has 1 atom stereocenters. The zero-order valence-corrected chi connectivity index (χ0v) is 11.6. The predicted molar refractivity (Wildman–Crippen MR) is 71.3 cm³/mol. The fraction of sp³-hybridized carbons (Fsp3) is 0.417. The van der Waals surface area contributed by atoms with Crippen LogP contribution in [0, 0.1) is 6.92 Å². The second kappa shape index (κ2) is 5.49. The summed E-state index contributed by atoms with van der Waals surface area (Å²) in [6, 6.07) is 4.01. The summed E-state index contributed by atoms with van der Waals surface area (Å²) < 4.78 is 1.95. The van der Waals surface area contributed by atoms with E-state index in [9.17, 15) is 0 Å². The van der Waals surface area contributed by atoms with Crippen LogP contribution in [0.2, 0.25) is 0 Å². The van der Waals surface area contributed by atoms with Crippen molar-refractivity contribution in [2.45, 2.75) is 36.4 Å². The van der Waals surface area contributed by atoms with E-state index in [1.807, 2.05) is 36.9 Å². The Kier molecular flexibility index (Phi) is 3.98. The first-order valence-electron chi connectivity index (χ1n) is 5.87. The van der Waals surface area contributed by atoms with Crippen LogP contribution in [0.4, 0.5) is 0 Å². The van der Waals surface area contributed by atoms with Gasteiger partial charge in [0, 0.05) is 24.2 Å². The van der Waals surface area contributed by atoms with Gasteiger partial charge in [0.1, 0.15) is 5.82 Å². The van der Waals surface area contributed by atoms with Crippen molar-refractivity contribution in [3.05, 3.63) is 29.8 Å². The van der Waals surface area contributed by atoms with E-state index >= 15 is 0 Å². The highest BCUT2D eigenvalue weighted by molar-refractivity contribution is 7.99. The Hall–Kier alpha value is -1.40. The molecule has 0 saturated carbocycles. The van der Waals surface area contributed by atoms with Gasteiger partial charge in [-0.1, -0.05) is 6.92 Å². The second-order valence-corrected chi connectivity index (χ2v) is 5.17. The fourth-order valence-corrected chi connectivity index (χ4v) is 2.27. The summed E-state index contributed by atoms with van der Waals surface area (Å²) in [5.74, 6) is 0.898. The van der Waals surface area contributed by atoms with Crippen LogP contribution in [0.5, 0.6) is 0 Å². The quantitative estimate of drug-likeness (QED) is 0.914. The molecule has 2 aromatic rings. The lowest BCUT2D eigenvalue weighted by Gasteiger charge is -2.08. The van der Waals surface area contributed by atoms with E-state index < -0.39 is 0 Å². The average molecular weight is 263 g/mol. The Morgan fingerprint density at radius 3 is 2.67 bits per heavy atom. The van der Waals surface area contributed by atoms with Gasteiger partial charge in [-0.3, -0.25) is 4.98 Å². The van der Waals surface area contributed by atoms with E-state index in [0.29, 0.717) is 0 Å². The van der Waals surface area contributed by atoms with Crippen molar-refractivity contribution < 1.29 is 0 Å². The Labute approximate surface area is 111 Å². The molecular formula is C12H17N5S. The molecule has 0 fully saturated rings. The summed E-state index contributed by atoms with van der Waals surface area (Å²) >= 11 is 1.55. The smallest absolute Gasteiger partial charge is 0.195 e. The van der Waals surface area contributed by atoms with E-state index in [-0.39, 0.29) is 6.04 Å². The number of aryl methyl sites for hydroxylation is 1. The molecule has 0 amide bonds.